The second-order valence-corrected chi connectivity index (χ2v) is 14.2. The van der Waals surface area contributed by atoms with Crippen molar-refractivity contribution in [2.75, 3.05) is 10.0 Å². The molecule has 1 saturated heterocycles. The van der Waals surface area contributed by atoms with Gasteiger partial charge in [-0.25, -0.2) is 12.8 Å². The quantitative estimate of drug-likeness (QED) is 0.371. The Hall–Kier alpha value is -3.81. The van der Waals surface area contributed by atoms with Gasteiger partial charge in [-0.1, -0.05) is 48.9 Å². The minimum atomic E-state index is -4.36. The Morgan fingerprint density at radius 2 is 1.76 bits per heavy atom. The van der Waals surface area contributed by atoms with E-state index in [1.54, 1.807) is 47.4 Å². The lowest BCUT2D eigenvalue weighted by Crippen LogP contribution is -2.60. The lowest BCUT2D eigenvalue weighted by Gasteiger charge is -2.45. The minimum Gasteiger partial charge on any atom is -0.391 e. The standard InChI is InChI=1S/C29H29FN4O6S2/c30-20-11-9-18(10-12-20)16-34-24-8-4-7-22(24)27(35)26(29(34)36)28-31-23-14-13-21(15-25(23)42(39,40)33-28)32-41(37,38)17-19-5-2-1-3-6-19/h1-3,5-6,9-15,22,24,26-27,32,35H,4,7-8,16-17H2,(H,31,33)/t22-,24+,26?,27?/m1/s1. The molecule has 2 aliphatic heterocycles. The normalized spacial score (nSPS) is 24.8. The van der Waals surface area contributed by atoms with Crippen LogP contribution >= 0.6 is 0 Å². The first-order valence-corrected chi connectivity index (χ1v) is 16.6. The number of rotatable bonds is 7. The number of sulfonamides is 2. The highest BCUT2D eigenvalue weighted by Crippen LogP contribution is 2.42. The summed E-state index contributed by atoms with van der Waals surface area (Å²) < 4.78 is 71.9. The molecule has 13 heteroatoms. The van der Waals surface area contributed by atoms with E-state index < -0.39 is 43.8 Å². The third-order valence-electron chi connectivity index (χ3n) is 8.04. The molecule has 10 nitrogen and oxygen atoms in total. The molecule has 1 amide bonds. The van der Waals surface area contributed by atoms with E-state index in [1.807, 2.05) is 0 Å². The smallest absolute Gasteiger partial charge is 0.286 e. The van der Waals surface area contributed by atoms with Crippen LogP contribution in [-0.4, -0.2) is 50.7 Å². The molecule has 42 heavy (non-hydrogen) atoms. The van der Waals surface area contributed by atoms with E-state index in [1.165, 1.54) is 30.3 Å². The third kappa shape index (κ3) is 5.51. The molecule has 1 saturated carbocycles. The highest BCUT2D eigenvalue weighted by molar-refractivity contribution is 7.92. The number of anilines is 2. The van der Waals surface area contributed by atoms with Gasteiger partial charge in [0.05, 0.1) is 17.5 Å². The van der Waals surface area contributed by atoms with Crippen molar-refractivity contribution in [3.8, 4) is 0 Å². The summed E-state index contributed by atoms with van der Waals surface area (Å²) in [6.07, 6.45) is 1.02. The van der Waals surface area contributed by atoms with Crippen molar-refractivity contribution >= 4 is 43.2 Å². The van der Waals surface area contributed by atoms with Crippen LogP contribution in [0.3, 0.4) is 0 Å². The van der Waals surface area contributed by atoms with Gasteiger partial charge in [0.25, 0.3) is 10.0 Å². The van der Waals surface area contributed by atoms with Gasteiger partial charge in [-0.15, -0.1) is 4.40 Å². The van der Waals surface area contributed by atoms with E-state index in [2.05, 4.69) is 14.4 Å². The summed E-state index contributed by atoms with van der Waals surface area (Å²) >= 11 is 0. The maximum absolute atomic E-state index is 13.8. The molecule has 3 aliphatic rings. The molecular weight excluding hydrogens is 583 g/mol. The van der Waals surface area contributed by atoms with E-state index in [0.717, 1.165) is 6.42 Å². The first kappa shape index (κ1) is 28.3. The Labute approximate surface area is 243 Å². The number of aliphatic hydroxyl groups excluding tert-OH is 1. The van der Waals surface area contributed by atoms with E-state index in [-0.39, 0.29) is 46.4 Å². The van der Waals surface area contributed by atoms with Crippen LogP contribution < -0.4 is 10.0 Å². The number of hydrogen-bond acceptors (Lipinski definition) is 7. The fourth-order valence-electron chi connectivity index (χ4n) is 6.14. The average molecular weight is 613 g/mol. The fraction of sp³-hybridized carbons (Fsp3) is 0.310. The monoisotopic (exact) mass is 612 g/mol. The fourth-order valence-corrected chi connectivity index (χ4v) is 8.51. The van der Waals surface area contributed by atoms with Crippen LogP contribution in [0.25, 0.3) is 0 Å². The predicted octanol–water partition coefficient (Wildman–Crippen LogP) is 3.47. The zero-order valence-electron chi connectivity index (χ0n) is 22.4. The molecule has 0 radical (unpaired) electrons. The second kappa shape index (κ2) is 10.8. The van der Waals surface area contributed by atoms with Crippen molar-refractivity contribution in [2.24, 2.45) is 16.2 Å². The molecule has 6 rings (SSSR count). The Morgan fingerprint density at radius 1 is 1.02 bits per heavy atom. The number of fused-ring (bicyclic) bond motifs is 2. The highest BCUT2D eigenvalue weighted by atomic mass is 32.2. The first-order chi connectivity index (χ1) is 20.0. The molecule has 1 aliphatic carbocycles. The van der Waals surface area contributed by atoms with Gasteiger partial charge in [-0.05, 0) is 54.3 Å². The summed E-state index contributed by atoms with van der Waals surface area (Å²) in [5.74, 6) is -2.87. The maximum Gasteiger partial charge on any atom is 0.286 e. The molecular formula is C29H29FN4O6S2. The summed E-state index contributed by atoms with van der Waals surface area (Å²) in [4.78, 5) is 15.2. The number of carbonyl (C=O) groups is 1. The van der Waals surface area contributed by atoms with Crippen LogP contribution in [0.2, 0.25) is 0 Å². The number of nitrogens with one attached hydrogen (secondary N) is 2. The summed E-state index contributed by atoms with van der Waals surface area (Å²) in [6.45, 7) is 0.187. The number of amidine groups is 1. The first-order valence-electron chi connectivity index (χ1n) is 13.5. The van der Waals surface area contributed by atoms with Crippen molar-refractivity contribution in [1.82, 2.24) is 4.90 Å². The second-order valence-electron chi connectivity index (χ2n) is 10.9. The van der Waals surface area contributed by atoms with E-state index in [9.17, 15) is 31.1 Å². The highest BCUT2D eigenvalue weighted by Gasteiger charge is 2.52. The van der Waals surface area contributed by atoms with Crippen LogP contribution in [0.15, 0.2) is 82.1 Å². The summed E-state index contributed by atoms with van der Waals surface area (Å²) in [7, 11) is -8.20. The average Bonchev–Trinajstić information content (AvgIpc) is 3.43. The van der Waals surface area contributed by atoms with Gasteiger partial charge in [0.2, 0.25) is 15.9 Å². The SMILES string of the molecule is O=C1C(C2=NS(=O)(=O)c3cc(NS(=O)(=O)Cc4ccccc4)ccc3N2)C(O)[C@@H]2CCC[C@@H]2N1Cc1ccc(F)cc1. The van der Waals surface area contributed by atoms with Crippen molar-refractivity contribution in [3.05, 3.63) is 89.7 Å². The van der Waals surface area contributed by atoms with Gasteiger partial charge in [0.1, 0.15) is 22.5 Å². The van der Waals surface area contributed by atoms with Crippen LogP contribution in [0.5, 0.6) is 0 Å². The molecule has 0 aromatic heterocycles. The van der Waals surface area contributed by atoms with Crippen LogP contribution in [-0.2, 0) is 37.1 Å². The van der Waals surface area contributed by atoms with Gasteiger partial charge in [0.15, 0.2) is 0 Å². The number of nitrogens with zero attached hydrogens (tertiary/aromatic N) is 2. The summed E-state index contributed by atoms with van der Waals surface area (Å²) in [6, 6.07) is 18.1. The zero-order valence-corrected chi connectivity index (χ0v) is 24.0. The van der Waals surface area contributed by atoms with Crippen molar-refractivity contribution in [2.45, 2.75) is 48.6 Å². The van der Waals surface area contributed by atoms with Gasteiger partial charge in [-0.3, -0.25) is 9.52 Å². The Balaban J connectivity index is 1.27. The molecule has 2 fully saturated rings. The van der Waals surface area contributed by atoms with Crippen molar-refractivity contribution < 1.29 is 31.1 Å². The number of amides is 1. The number of halogens is 1. The molecule has 0 spiro atoms. The number of piperidine rings is 1. The summed E-state index contributed by atoms with van der Waals surface area (Å²) in [5, 5.41) is 14.2. The number of benzene rings is 3. The molecule has 3 aromatic rings. The number of likely N-dealkylation sites (tertiary alicyclic amines) is 1. The predicted molar refractivity (Wildman–Crippen MR) is 155 cm³/mol. The minimum absolute atomic E-state index is 0.0433. The number of aliphatic hydroxyl groups is 1. The Kier molecular flexibility index (Phi) is 7.27. The van der Waals surface area contributed by atoms with Crippen LogP contribution in [0, 0.1) is 17.7 Å². The van der Waals surface area contributed by atoms with E-state index in [4.69, 9.17) is 0 Å². The summed E-state index contributed by atoms with van der Waals surface area (Å²) in [5.41, 5.74) is 1.44. The van der Waals surface area contributed by atoms with Crippen LogP contribution in [0.4, 0.5) is 15.8 Å². The lowest BCUT2D eigenvalue weighted by atomic mass is 9.80. The number of carbonyl (C=O) groups excluding carboxylic acids is 1. The van der Waals surface area contributed by atoms with Gasteiger partial charge in [-0.2, -0.15) is 8.42 Å². The zero-order chi connectivity index (χ0) is 29.6. The maximum atomic E-state index is 13.8. The van der Waals surface area contributed by atoms with E-state index in [0.29, 0.717) is 24.0 Å². The Morgan fingerprint density at radius 3 is 2.50 bits per heavy atom. The molecule has 2 unspecified atom stereocenters. The third-order valence-corrected chi connectivity index (χ3v) is 10.6. The Bertz CT molecular complexity index is 1770. The largest absolute Gasteiger partial charge is 0.391 e. The van der Waals surface area contributed by atoms with Crippen molar-refractivity contribution in [3.63, 3.8) is 0 Å². The van der Waals surface area contributed by atoms with Gasteiger partial charge < -0.3 is 15.3 Å². The molecule has 3 aromatic carbocycles. The topological polar surface area (TPSA) is 145 Å². The molecule has 0 bridgehead atoms. The molecule has 4 atom stereocenters. The molecule has 220 valence electrons. The van der Waals surface area contributed by atoms with Crippen LogP contribution in [0.1, 0.15) is 30.4 Å². The van der Waals surface area contributed by atoms with Gasteiger partial charge >= 0.3 is 0 Å². The lowest BCUT2D eigenvalue weighted by molar-refractivity contribution is -0.150. The van der Waals surface area contributed by atoms with Crippen molar-refractivity contribution in [1.29, 1.82) is 0 Å². The molecule has 3 N–H and O–H groups in total. The van der Waals surface area contributed by atoms with Gasteiger partial charge in [0, 0.05) is 24.2 Å². The van der Waals surface area contributed by atoms with E-state index >= 15 is 0 Å². The number of hydrogen-bond donors (Lipinski definition) is 3. The molecule has 2 heterocycles.